The number of likely N-dealkylation sites (N-methyl/N-ethyl adjacent to an activating group) is 1. The maximum absolute atomic E-state index is 12.2. The maximum atomic E-state index is 12.2. The van der Waals surface area contributed by atoms with Crippen LogP contribution in [0.3, 0.4) is 0 Å². The van der Waals surface area contributed by atoms with Crippen LogP contribution in [0.15, 0.2) is 28.4 Å². The van der Waals surface area contributed by atoms with Crippen LogP contribution in [0, 0.1) is 0 Å². The van der Waals surface area contributed by atoms with Crippen molar-refractivity contribution >= 4 is 29.7 Å². The molecule has 2 amide bonds. The fourth-order valence-corrected chi connectivity index (χ4v) is 3.37. The molecule has 8 nitrogen and oxygen atoms in total. The van der Waals surface area contributed by atoms with Gasteiger partial charge in [0.05, 0.1) is 6.04 Å². The van der Waals surface area contributed by atoms with Gasteiger partial charge in [-0.05, 0) is 12.5 Å². The van der Waals surface area contributed by atoms with Gasteiger partial charge in [0.2, 0.25) is 6.54 Å². The second-order valence-corrected chi connectivity index (χ2v) is 6.03. The summed E-state index contributed by atoms with van der Waals surface area (Å²) >= 11 is 0. The molecule has 24 heavy (non-hydrogen) atoms. The number of piperazine rings is 1. The SMILES string of the molecule is CN1CC2N=C(/C=C3/C(=O)N4C(C(=O)O)=CCC34)C=[N+]2CC1=O.[Na+]. The summed E-state index contributed by atoms with van der Waals surface area (Å²) in [7, 11) is 1.75. The number of carbonyl (C=O) groups excluding carboxylic acids is 2. The van der Waals surface area contributed by atoms with Crippen molar-refractivity contribution in [2.45, 2.75) is 18.6 Å². The Morgan fingerprint density at radius 2 is 2.21 bits per heavy atom. The van der Waals surface area contributed by atoms with Crippen LogP contribution >= 0.6 is 0 Å². The fourth-order valence-electron chi connectivity index (χ4n) is 3.37. The van der Waals surface area contributed by atoms with Crippen LogP contribution in [0.25, 0.3) is 0 Å². The second-order valence-electron chi connectivity index (χ2n) is 6.03. The molecule has 2 atom stereocenters. The van der Waals surface area contributed by atoms with Crippen LogP contribution in [0.1, 0.15) is 6.42 Å². The molecular formula is C15H15N4NaO4+2. The van der Waals surface area contributed by atoms with Crippen molar-refractivity contribution in [2.75, 3.05) is 20.1 Å². The number of hydrogen-bond donors (Lipinski definition) is 1. The Morgan fingerprint density at radius 1 is 1.46 bits per heavy atom. The van der Waals surface area contributed by atoms with Crippen molar-refractivity contribution in [1.82, 2.24) is 9.80 Å². The minimum absolute atomic E-state index is 0. The fraction of sp³-hybridized carbons (Fsp3) is 0.400. The van der Waals surface area contributed by atoms with E-state index in [2.05, 4.69) is 4.99 Å². The number of aliphatic imine (C=N–C) groups is 1. The van der Waals surface area contributed by atoms with Gasteiger partial charge < -0.3 is 10.0 Å². The molecule has 0 bridgehead atoms. The number of rotatable bonds is 2. The van der Waals surface area contributed by atoms with Crippen molar-refractivity contribution in [2.24, 2.45) is 4.99 Å². The summed E-state index contributed by atoms with van der Waals surface area (Å²) in [5, 5.41) is 9.06. The molecule has 118 valence electrons. The number of fused-ring (bicyclic) bond motifs is 2. The summed E-state index contributed by atoms with van der Waals surface area (Å²) in [5.41, 5.74) is 1.29. The van der Waals surface area contributed by atoms with E-state index >= 15 is 0 Å². The Balaban J connectivity index is 0.00000169. The Hall–Kier alpha value is -1.77. The summed E-state index contributed by atoms with van der Waals surface area (Å²) < 4.78 is 1.87. The maximum Gasteiger partial charge on any atom is 1.00 e. The van der Waals surface area contributed by atoms with E-state index in [0.29, 0.717) is 24.3 Å². The van der Waals surface area contributed by atoms with Gasteiger partial charge in [-0.15, -0.1) is 0 Å². The zero-order valence-corrected chi connectivity index (χ0v) is 15.5. The zero-order valence-electron chi connectivity index (χ0n) is 13.5. The molecule has 0 aromatic carbocycles. The smallest absolute Gasteiger partial charge is 0.477 e. The van der Waals surface area contributed by atoms with Crippen molar-refractivity contribution in [3.63, 3.8) is 0 Å². The number of carbonyl (C=O) groups is 3. The molecule has 4 aliphatic rings. The van der Waals surface area contributed by atoms with Crippen LogP contribution in [0.2, 0.25) is 0 Å². The van der Waals surface area contributed by atoms with Gasteiger partial charge in [0.25, 0.3) is 18.0 Å². The molecule has 4 rings (SSSR count). The average Bonchev–Trinajstić information content (AvgIpc) is 3.06. The first kappa shape index (κ1) is 17.1. The Morgan fingerprint density at radius 3 is 2.92 bits per heavy atom. The van der Waals surface area contributed by atoms with Crippen molar-refractivity contribution in [3.8, 4) is 0 Å². The minimum Gasteiger partial charge on any atom is -0.477 e. The van der Waals surface area contributed by atoms with Gasteiger partial charge in [0.15, 0.2) is 6.21 Å². The molecule has 4 heterocycles. The van der Waals surface area contributed by atoms with Crippen molar-refractivity contribution in [3.05, 3.63) is 23.4 Å². The number of carboxylic acids is 1. The molecule has 2 unspecified atom stereocenters. The van der Waals surface area contributed by atoms with Gasteiger partial charge in [-0.25, -0.2) is 9.79 Å². The number of β-lactam (4-membered cyclic amide) rings is 1. The monoisotopic (exact) mass is 338 g/mol. The summed E-state index contributed by atoms with van der Waals surface area (Å²) in [6, 6.07) is -0.202. The molecule has 0 radical (unpaired) electrons. The molecule has 0 saturated carbocycles. The van der Waals surface area contributed by atoms with Gasteiger partial charge in [0, 0.05) is 12.6 Å². The van der Waals surface area contributed by atoms with Gasteiger partial charge in [-0.2, -0.15) is 4.58 Å². The van der Waals surface area contributed by atoms with Crippen LogP contribution in [-0.2, 0) is 14.4 Å². The molecule has 1 N–H and O–H groups in total. The third-order valence-electron chi connectivity index (χ3n) is 4.61. The van der Waals surface area contributed by atoms with E-state index in [1.54, 1.807) is 30.3 Å². The summed E-state index contributed by atoms with van der Waals surface area (Å²) in [5.74, 6) is -1.32. The van der Waals surface area contributed by atoms with Gasteiger partial charge in [-0.3, -0.25) is 14.5 Å². The molecular weight excluding hydrogens is 323 g/mol. The average molecular weight is 338 g/mol. The van der Waals surface area contributed by atoms with E-state index in [1.165, 1.54) is 4.90 Å². The number of allylic oxidation sites excluding steroid dienone is 1. The third kappa shape index (κ3) is 2.45. The van der Waals surface area contributed by atoms with Gasteiger partial charge >= 0.3 is 35.5 Å². The van der Waals surface area contributed by atoms with Gasteiger partial charge in [-0.1, -0.05) is 6.08 Å². The predicted molar refractivity (Wildman–Crippen MR) is 79.1 cm³/mol. The molecule has 0 aliphatic carbocycles. The Labute approximate surface area is 160 Å². The van der Waals surface area contributed by atoms with E-state index in [4.69, 9.17) is 5.11 Å². The van der Waals surface area contributed by atoms with Crippen LogP contribution in [-0.4, -0.2) is 81.5 Å². The zero-order chi connectivity index (χ0) is 16.3. The Kier molecular flexibility index (Phi) is 4.23. The largest absolute Gasteiger partial charge is 1.00 e. The standard InChI is InChI=1S/C15H14N4O4.Na/c1-17-6-12-16-8(5-18(12)7-13(17)20)4-9-10-2-3-11(15(22)23)19(10)14(9)21;/h3-5,10,12H,2,6-7H2,1H3;/q;+1/p+1/b9-4+;. The molecule has 2 fully saturated rings. The normalized spacial score (nSPS) is 29.4. The van der Waals surface area contributed by atoms with Crippen LogP contribution in [0.4, 0.5) is 0 Å². The number of hydrogen-bond acceptors (Lipinski definition) is 4. The van der Waals surface area contributed by atoms with E-state index in [9.17, 15) is 14.4 Å². The van der Waals surface area contributed by atoms with E-state index < -0.39 is 5.97 Å². The summed E-state index contributed by atoms with van der Waals surface area (Å²) in [6.07, 6.45) is 5.49. The second kappa shape index (κ2) is 5.94. The summed E-state index contributed by atoms with van der Waals surface area (Å²) in [6.45, 7) is 0.807. The topological polar surface area (TPSA) is 93.3 Å². The first-order valence-electron chi connectivity index (χ1n) is 7.36. The van der Waals surface area contributed by atoms with Crippen molar-refractivity contribution < 1.29 is 53.6 Å². The molecule has 4 aliphatic heterocycles. The predicted octanol–water partition coefficient (Wildman–Crippen LogP) is -4.16. The molecule has 2 saturated heterocycles. The third-order valence-corrected chi connectivity index (χ3v) is 4.61. The number of carboxylic acid groups (broad SMARTS) is 1. The number of nitrogens with zero attached hydrogens (tertiary/aromatic N) is 4. The molecule has 9 heteroatoms. The van der Waals surface area contributed by atoms with E-state index in [-0.39, 0.29) is 65.8 Å². The van der Waals surface area contributed by atoms with Crippen molar-refractivity contribution in [1.29, 1.82) is 0 Å². The molecule has 0 aromatic rings. The van der Waals surface area contributed by atoms with Crippen LogP contribution < -0.4 is 29.6 Å². The van der Waals surface area contributed by atoms with Crippen LogP contribution in [0.5, 0.6) is 0 Å². The quantitative estimate of drug-likeness (QED) is 0.239. The molecule has 0 spiro atoms. The number of amides is 2. The minimum atomic E-state index is -1.08. The van der Waals surface area contributed by atoms with E-state index in [1.807, 2.05) is 4.58 Å². The number of aliphatic carboxylic acids is 1. The first-order chi connectivity index (χ1) is 11.0. The first-order valence-corrected chi connectivity index (χ1v) is 7.36. The molecule has 0 aromatic heterocycles. The van der Waals surface area contributed by atoms with Gasteiger partial charge in [0.1, 0.15) is 18.0 Å². The van der Waals surface area contributed by atoms with E-state index in [0.717, 1.165) is 0 Å². The Bertz CT molecular complexity index is 782. The summed E-state index contributed by atoms with van der Waals surface area (Å²) in [4.78, 5) is 42.4.